The van der Waals surface area contributed by atoms with Gasteiger partial charge >= 0.3 is 0 Å². The Bertz CT molecular complexity index is 972. The molecule has 6 nitrogen and oxygen atoms in total. The minimum Gasteiger partial charge on any atom is -0.478 e. The first kappa shape index (κ1) is 20.1. The molecule has 3 aromatic rings. The zero-order valence-corrected chi connectivity index (χ0v) is 15.9. The van der Waals surface area contributed by atoms with Crippen molar-refractivity contribution >= 4 is 17.5 Å². The first-order chi connectivity index (χ1) is 14.1. The van der Waals surface area contributed by atoms with Crippen LogP contribution in [0.4, 0.5) is 10.1 Å². The van der Waals surface area contributed by atoms with Crippen LogP contribution in [-0.4, -0.2) is 17.9 Å². The van der Waals surface area contributed by atoms with E-state index in [4.69, 9.17) is 9.15 Å². The van der Waals surface area contributed by atoms with Gasteiger partial charge in [0.05, 0.1) is 24.1 Å². The topological polar surface area (TPSA) is 80.6 Å². The summed E-state index contributed by atoms with van der Waals surface area (Å²) in [6, 6.07) is 16.0. The van der Waals surface area contributed by atoms with Gasteiger partial charge in [-0.15, -0.1) is 0 Å². The number of halogens is 1. The van der Waals surface area contributed by atoms with Gasteiger partial charge in [0.2, 0.25) is 0 Å². The summed E-state index contributed by atoms with van der Waals surface area (Å²) in [4.78, 5) is 25.2. The fourth-order valence-electron chi connectivity index (χ4n) is 2.69. The smallest absolute Gasteiger partial charge is 0.265 e. The Labute approximate surface area is 167 Å². The van der Waals surface area contributed by atoms with E-state index in [2.05, 4.69) is 10.6 Å². The highest BCUT2D eigenvalue weighted by Crippen LogP contribution is 2.20. The van der Waals surface area contributed by atoms with Crippen molar-refractivity contribution in [3.05, 3.63) is 84.1 Å². The quantitative estimate of drug-likeness (QED) is 0.600. The second kappa shape index (κ2) is 9.54. The van der Waals surface area contributed by atoms with Crippen molar-refractivity contribution in [3.8, 4) is 5.75 Å². The van der Waals surface area contributed by atoms with E-state index in [1.807, 2.05) is 0 Å². The Morgan fingerprint density at radius 1 is 1.07 bits per heavy atom. The molecule has 1 atom stereocenters. The highest BCUT2D eigenvalue weighted by molar-refractivity contribution is 6.04. The second-order valence-electron chi connectivity index (χ2n) is 6.24. The third-order valence-corrected chi connectivity index (χ3v) is 4.20. The van der Waals surface area contributed by atoms with Crippen molar-refractivity contribution in [2.24, 2.45) is 0 Å². The van der Waals surface area contributed by atoms with Crippen molar-refractivity contribution < 1.29 is 23.1 Å². The van der Waals surface area contributed by atoms with E-state index < -0.39 is 17.8 Å². The van der Waals surface area contributed by atoms with Crippen LogP contribution in [0.25, 0.3) is 0 Å². The molecule has 0 radical (unpaired) electrons. The van der Waals surface area contributed by atoms with Crippen LogP contribution in [0.1, 0.15) is 29.5 Å². The summed E-state index contributed by atoms with van der Waals surface area (Å²) >= 11 is 0. The Hall–Kier alpha value is -3.61. The molecule has 0 aliphatic rings. The number of furan rings is 1. The molecular weight excluding hydrogens is 375 g/mol. The Morgan fingerprint density at radius 3 is 2.55 bits per heavy atom. The zero-order valence-electron chi connectivity index (χ0n) is 15.9. The number of hydrogen-bond acceptors (Lipinski definition) is 4. The number of hydrogen-bond donors (Lipinski definition) is 2. The lowest BCUT2D eigenvalue weighted by Gasteiger charge is -2.18. The van der Waals surface area contributed by atoms with E-state index >= 15 is 0 Å². The molecule has 0 spiro atoms. The molecule has 0 fully saturated rings. The van der Waals surface area contributed by atoms with Gasteiger partial charge in [-0.1, -0.05) is 31.2 Å². The number of anilines is 1. The molecule has 2 aromatic carbocycles. The Morgan fingerprint density at radius 2 is 1.83 bits per heavy atom. The maximum atomic E-state index is 13.8. The van der Waals surface area contributed by atoms with Crippen LogP contribution in [0.2, 0.25) is 0 Å². The highest BCUT2D eigenvalue weighted by Gasteiger charge is 2.22. The minimum absolute atomic E-state index is 0.000948. The summed E-state index contributed by atoms with van der Waals surface area (Å²) in [6.07, 6.45) is 0.939. The first-order valence-corrected chi connectivity index (χ1v) is 9.20. The molecule has 1 aromatic heterocycles. The van der Waals surface area contributed by atoms with E-state index in [1.54, 1.807) is 55.5 Å². The van der Waals surface area contributed by atoms with Crippen molar-refractivity contribution in [1.82, 2.24) is 5.32 Å². The molecular formula is C22H21FN2O4. The lowest BCUT2D eigenvalue weighted by atomic mass is 10.1. The first-order valence-electron chi connectivity index (χ1n) is 9.20. The molecule has 0 aliphatic heterocycles. The lowest BCUT2D eigenvalue weighted by Crippen LogP contribution is -2.33. The van der Waals surface area contributed by atoms with Crippen molar-refractivity contribution in [2.45, 2.75) is 26.0 Å². The molecule has 7 heteroatoms. The van der Waals surface area contributed by atoms with Gasteiger partial charge in [-0.3, -0.25) is 9.59 Å². The molecule has 0 aliphatic carbocycles. The van der Waals surface area contributed by atoms with Crippen LogP contribution in [0.3, 0.4) is 0 Å². The van der Waals surface area contributed by atoms with Gasteiger partial charge in [0.15, 0.2) is 17.7 Å². The summed E-state index contributed by atoms with van der Waals surface area (Å²) in [5, 5.41) is 5.45. The van der Waals surface area contributed by atoms with Crippen LogP contribution in [0.15, 0.2) is 71.3 Å². The molecule has 2 N–H and O–H groups in total. The minimum atomic E-state index is -0.911. The zero-order chi connectivity index (χ0) is 20.6. The summed E-state index contributed by atoms with van der Waals surface area (Å²) < 4.78 is 24.6. The third kappa shape index (κ3) is 5.22. The number of nitrogens with one attached hydrogen (secondary N) is 2. The van der Waals surface area contributed by atoms with Gasteiger partial charge in [0.25, 0.3) is 11.8 Å². The van der Waals surface area contributed by atoms with Crippen molar-refractivity contribution in [2.75, 3.05) is 5.32 Å². The summed E-state index contributed by atoms with van der Waals surface area (Å²) in [5.41, 5.74) is 0.637. The maximum Gasteiger partial charge on any atom is 0.265 e. The molecule has 0 bridgehead atoms. The molecule has 0 saturated heterocycles. The van der Waals surface area contributed by atoms with E-state index in [1.165, 1.54) is 18.4 Å². The molecule has 2 amide bonds. The van der Waals surface area contributed by atoms with Crippen molar-refractivity contribution in [3.63, 3.8) is 0 Å². The Balaban J connectivity index is 1.69. The summed E-state index contributed by atoms with van der Waals surface area (Å²) in [5.74, 6) is -0.762. The van der Waals surface area contributed by atoms with Gasteiger partial charge in [-0.05, 0) is 42.8 Å². The number of rotatable bonds is 8. The van der Waals surface area contributed by atoms with Gasteiger partial charge in [0, 0.05) is 0 Å². The maximum absolute atomic E-state index is 13.8. The second-order valence-corrected chi connectivity index (χ2v) is 6.24. The monoisotopic (exact) mass is 396 g/mol. The average Bonchev–Trinajstić information content (AvgIpc) is 3.25. The van der Waals surface area contributed by atoms with Crippen LogP contribution in [-0.2, 0) is 11.3 Å². The largest absolute Gasteiger partial charge is 0.478 e. The SMILES string of the molecule is CC[C@H](Oc1ccccc1F)C(=O)Nc1ccccc1C(=O)NCc1ccco1. The fraction of sp³-hybridized carbons (Fsp3) is 0.182. The van der Waals surface area contributed by atoms with Crippen LogP contribution in [0, 0.1) is 5.82 Å². The number of amides is 2. The van der Waals surface area contributed by atoms with E-state index in [0.29, 0.717) is 23.4 Å². The standard InChI is InChI=1S/C22H21FN2O4/c1-2-19(29-20-12-6-4-10-17(20)23)22(27)25-18-11-5-3-9-16(18)21(26)24-14-15-8-7-13-28-15/h3-13,19H,2,14H2,1H3,(H,24,26)(H,25,27)/t19-/m0/s1. The Kier molecular flexibility index (Phi) is 6.63. The molecule has 0 saturated carbocycles. The highest BCUT2D eigenvalue weighted by atomic mass is 19.1. The summed E-state index contributed by atoms with van der Waals surface area (Å²) in [6.45, 7) is 1.98. The van der Waals surface area contributed by atoms with Gasteiger partial charge in [-0.2, -0.15) is 0 Å². The molecule has 0 unspecified atom stereocenters. The molecule has 3 rings (SSSR count). The average molecular weight is 396 g/mol. The predicted octanol–water partition coefficient (Wildman–Crippen LogP) is 4.14. The van der Waals surface area contributed by atoms with Crippen LogP contribution in [0.5, 0.6) is 5.75 Å². The predicted molar refractivity (Wildman–Crippen MR) is 106 cm³/mol. The number of carbonyl (C=O) groups is 2. The van der Waals surface area contributed by atoms with E-state index in [0.717, 1.165) is 0 Å². The lowest BCUT2D eigenvalue weighted by molar-refractivity contribution is -0.122. The number of carbonyl (C=O) groups excluding carboxylic acids is 2. The molecule has 1 heterocycles. The van der Waals surface area contributed by atoms with Crippen LogP contribution < -0.4 is 15.4 Å². The molecule has 150 valence electrons. The van der Waals surface area contributed by atoms with E-state index in [9.17, 15) is 14.0 Å². The van der Waals surface area contributed by atoms with Crippen molar-refractivity contribution in [1.29, 1.82) is 0 Å². The fourth-order valence-corrected chi connectivity index (χ4v) is 2.69. The third-order valence-electron chi connectivity index (χ3n) is 4.20. The normalized spacial score (nSPS) is 11.5. The summed E-state index contributed by atoms with van der Waals surface area (Å²) in [7, 11) is 0. The van der Waals surface area contributed by atoms with Gasteiger partial charge in [0.1, 0.15) is 5.76 Å². The van der Waals surface area contributed by atoms with Crippen LogP contribution >= 0.6 is 0 Å². The number of benzene rings is 2. The number of para-hydroxylation sites is 2. The van der Waals surface area contributed by atoms with E-state index in [-0.39, 0.29) is 18.2 Å². The molecule has 29 heavy (non-hydrogen) atoms. The number of ether oxygens (including phenoxy) is 1. The van der Waals surface area contributed by atoms with Gasteiger partial charge < -0.3 is 19.8 Å². The van der Waals surface area contributed by atoms with Gasteiger partial charge in [-0.25, -0.2) is 4.39 Å².